The van der Waals surface area contributed by atoms with Crippen molar-refractivity contribution < 1.29 is 4.42 Å². The van der Waals surface area contributed by atoms with Gasteiger partial charge in [0.25, 0.3) is 0 Å². The molecule has 0 aliphatic heterocycles. The highest BCUT2D eigenvalue weighted by Crippen LogP contribution is 2.42. The van der Waals surface area contributed by atoms with Gasteiger partial charge in [-0.15, -0.1) is 5.10 Å². The summed E-state index contributed by atoms with van der Waals surface area (Å²) >= 11 is 0. The molecule has 4 heteroatoms. The van der Waals surface area contributed by atoms with E-state index in [2.05, 4.69) is 17.1 Å². The fourth-order valence-electron chi connectivity index (χ4n) is 2.23. The van der Waals surface area contributed by atoms with Crippen molar-refractivity contribution in [3.63, 3.8) is 0 Å². The Kier molecular flexibility index (Phi) is 1.98. The van der Waals surface area contributed by atoms with Gasteiger partial charge in [-0.25, -0.2) is 9.89 Å². The topological polar surface area (TPSA) is 58.9 Å². The van der Waals surface area contributed by atoms with Crippen LogP contribution in [0.3, 0.4) is 0 Å². The van der Waals surface area contributed by atoms with Gasteiger partial charge >= 0.3 is 5.76 Å². The van der Waals surface area contributed by atoms with Crippen molar-refractivity contribution in [1.82, 2.24) is 10.2 Å². The zero-order valence-electron chi connectivity index (χ0n) is 7.80. The second-order valence-corrected chi connectivity index (χ2v) is 3.76. The van der Waals surface area contributed by atoms with Gasteiger partial charge in [-0.3, -0.25) is 0 Å². The van der Waals surface area contributed by atoms with Gasteiger partial charge < -0.3 is 4.42 Å². The van der Waals surface area contributed by atoms with E-state index in [0.29, 0.717) is 5.89 Å². The van der Waals surface area contributed by atoms with E-state index in [4.69, 9.17) is 4.42 Å². The number of nitrogens with zero attached hydrogens (tertiary/aromatic N) is 1. The van der Waals surface area contributed by atoms with Crippen LogP contribution in [0.2, 0.25) is 0 Å². The maximum atomic E-state index is 10.8. The molecule has 2 rings (SSSR count). The summed E-state index contributed by atoms with van der Waals surface area (Å²) in [6, 6.07) is 0. The maximum Gasteiger partial charge on any atom is 0.434 e. The van der Waals surface area contributed by atoms with Crippen molar-refractivity contribution in [3.8, 4) is 0 Å². The summed E-state index contributed by atoms with van der Waals surface area (Å²) in [6.07, 6.45) is 5.62. The minimum atomic E-state index is -0.435. The van der Waals surface area contributed by atoms with Crippen LogP contribution in [0, 0.1) is 0 Å². The van der Waals surface area contributed by atoms with E-state index < -0.39 is 5.76 Å². The van der Waals surface area contributed by atoms with Crippen LogP contribution in [-0.2, 0) is 5.41 Å². The molecule has 1 aliphatic carbocycles. The molecule has 4 nitrogen and oxygen atoms in total. The van der Waals surface area contributed by atoms with Gasteiger partial charge in [0.15, 0.2) is 0 Å². The summed E-state index contributed by atoms with van der Waals surface area (Å²) in [6.45, 7) is 2.12. The fraction of sp³-hybridized carbons (Fsp3) is 0.778. The summed E-state index contributed by atoms with van der Waals surface area (Å²) in [7, 11) is 0. The Morgan fingerprint density at radius 2 is 2.23 bits per heavy atom. The second-order valence-electron chi connectivity index (χ2n) is 3.76. The summed E-state index contributed by atoms with van der Waals surface area (Å²) < 4.78 is 5.04. The lowest BCUT2D eigenvalue weighted by Gasteiger charge is -2.21. The molecule has 1 fully saturated rings. The highest BCUT2D eigenvalue weighted by atomic mass is 16.4. The first-order chi connectivity index (χ1) is 6.27. The summed E-state index contributed by atoms with van der Waals surface area (Å²) in [5, 5.41) is 6.27. The number of aromatic amines is 1. The van der Waals surface area contributed by atoms with Crippen molar-refractivity contribution in [2.24, 2.45) is 0 Å². The van der Waals surface area contributed by atoms with Crippen molar-refractivity contribution in [2.45, 2.75) is 44.4 Å². The first-order valence-electron chi connectivity index (χ1n) is 4.83. The molecule has 13 heavy (non-hydrogen) atoms. The number of nitrogens with one attached hydrogen (secondary N) is 1. The van der Waals surface area contributed by atoms with Crippen molar-refractivity contribution in [2.75, 3.05) is 0 Å². The smallest absolute Gasteiger partial charge is 0.392 e. The molecular formula is C9H14N2O2. The van der Waals surface area contributed by atoms with Crippen molar-refractivity contribution in [1.29, 1.82) is 0 Å². The lowest BCUT2D eigenvalue weighted by Crippen LogP contribution is -2.21. The van der Waals surface area contributed by atoms with Crippen LogP contribution in [0.4, 0.5) is 0 Å². The average Bonchev–Trinajstić information content (AvgIpc) is 2.73. The zero-order chi connectivity index (χ0) is 9.31. The normalized spacial score (nSPS) is 20.7. The third-order valence-electron chi connectivity index (χ3n) is 3.13. The molecule has 1 aromatic heterocycles. The van der Waals surface area contributed by atoms with Crippen molar-refractivity contribution in [3.05, 3.63) is 16.4 Å². The largest absolute Gasteiger partial charge is 0.434 e. The number of hydrogen-bond acceptors (Lipinski definition) is 3. The van der Waals surface area contributed by atoms with Gasteiger partial charge in [0.2, 0.25) is 5.89 Å². The van der Waals surface area contributed by atoms with Gasteiger partial charge in [-0.1, -0.05) is 19.8 Å². The Morgan fingerprint density at radius 1 is 1.54 bits per heavy atom. The van der Waals surface area contributed by atoms with Gasteiger partial charge in [0.05, 0.1) is 0 Å². The monoisotopic (exact) mass is 182 g/mol. The van der Waals surface area contributed by atoms with Gasteiger partial charge in [-0.2, -0.15) is 0 Å². The Labute approximate surface area is 76.3 Å². The molecule has 1 aromatic rings. The van der Waals surface area contributed by atoms with E-state index in [9.17, 15) is 4.79 Å². The highest BCUT2D eigenvalue weighted by molar-refractivity contribution is 5.05. The molecule has 0 atom stereocenters. The standard InChI is InChI=1S/C9H14N2O2/c1-2-9(5-3-4-6-9)7-10-11-8(12)13-7/h2-6H2,1H3,(H,11,12). The molecule has 0 spiro atoms. The minimum absolute atomic E-state index is 0.0408. The number of hydrogen-bond donors (Lipinski definition) is 1. The van der Waals surface area contributed by atoms with Gasteiger partial charge in [0.1, 0.15) is 0 Å². The first-order valence-corrected chi connectivity index (χ1v) is 4.83. The van der Waals surface area contributed by atoms with Crippen LogP contribution < -0.4 is 5.76 Å². The van der Waals surface area contributed by atoms with Crippen LogP contribution in [-0.4, -0.2) is 10.2 Å². The van der Waals surface area contributed by atoms with E-state index in [1.165, 1.54) is 12.8 Å². The van der Waals surface area contributed by atoms with E-state index in [-0.39, 0.29) is 5.41 Å². The Balaban J connectivity index is 2.35. The predicted octanol–water partition coefficient (Wildman–Crippen LogP) is 1.58. The molecule has 72 valence electrons. The van der Waals surface area contributed by atoms with Gasteiger partial charge in [-0.05, 0) is 19.3 Å². The van der Waals surface area contributed by atoms with Crippen LogP contribution in [0.15, 0.2) is 9.21 Å². The summed E-state index contributed by atoms with van der Waals surface area (Å²) in [4.78, 5) is 10.8. The highest BCUT2D eigenvalue weighted by Gasteiger charge is 2.38. The molecule has 0 unspecified atom stereocenters. The van der Waals surface area contributed by atoms with Crippen LogP contribution >= 0.6 is 0 Å². The third kappa shape index (κ3) is 1.30. The fourth-order valence-corrected chi connectivity index (χ4v) is 2.23. The van der Waals surface area contributed by atoms with Crippen LogP contribution in [0.25, 0.3) is 0 Å². The lowest BCUT2D eigenvalue weighted by atomic mass is 9.83. The molecule has 0 bridgehead atoms. The van der Waals surface area contributed by atoms with E-state index in [1.54, 1.807) is 0 Å². The summed E-state index contributed by atoms with van der Waals surface area (Å²) in [5.74, 6) is 0.173. The third-order valence-corrected chi connectivity index (χ3v) is 3.13. The van der Waals surface area contributed by atoms with Crippen LogP contribution in [0.1, 0.15) is 44.9 Å². The number of aromatic nitrogens is 2. The van der Waals surface area contributed by atoms with Crippen LogP contribution in [0.5, 0.6) is 0 Å². The summed E-state index contributed by atoms with van der Waals surface area (Å²) in [5.41, 5.74) is 0.0408. The molecule has 1 heterocycles. The van der Waals surface area contributed by atoms with E-state index in [1.807, 2.05) is 0 Å². The Morgan fingerprint density at radius 3 is 2.69 bits per heavy atom. The Bertz CT molecular complexity index is 333. The van der Waals surface area contributed by atoms with E-state index >= 15 is 0 Å². The Hall–Kier alpha value is -1.06. The molecule has 1 aliphatic rings. The maximum absolute atomic E-state index is 10.8. The van der Waals surface area contributed by atoms with E-state index in [0.717, 1.165) is 19.3 Å². The van der Waals surface area contributed by atoms with Crippen molar-refractivity contribution >= 4 is 0 Å². The molecule has 0 aromatic carbocycles. The number of H-pyrrole nitrogens is 1. The average molecular weight is 182 g/mol. The molecule has 0 saturated heterocycles. The lowest BCUT2D eigenvalue weighted by molar-refractivity contribution is 0.307. The molecule has 0 amide bonds. The molecule has 1 N–H and O–H groups in total. The first kappa shape index (κ1) is 8.53. The quantitative estimate of drug-likeness (QED) is 0.755. The SMILES string of the molecule is CCC1(c2n[nH]c(=O)o2)CCCC1. The predicted molar refractivity (Wildman–Crippen MR) is 47.6 cm³/mol. The zero-order valence-corrected chi connectivity index (χ0v) is 7.80. The number of rotatable bonds is 2. The second kappa shape index (κ2) is 3.01. The molecular weight excluding hydrogens is 168 g/mol. The molecule has 0 radical (unpaired) electrons. The van der Waals surface area contributed by atoms with Gasteiger partial charge in [0, 0.05) is 5.41 Å². The molecule has 1 saturated carbocycles. The minimum Gasteiger partial charge on any atom is -0.392 e.